The Hall–Kier alpha value is -1.55. The van der Waals surface area contributed by atoms with E-state index in [2.05, 4.69) is 5.32 Å². The number of nitrogens with one attached hydrogen (secondary N) is 1. The van der Waals surface area contributed by atoms with E-state index in [-0.39, 0.29) is 11.4 Å². The van der Waals surface area contributed by atoms with Gasteiger partial charge >= 0.3 is 0 Å². The zero-order valence-corrected chi connectivity index (χ0v) is 12.6. The Morgan fingerprint density at radius 1 is 1.29 bits per heavy atom. The van der Waals surface area contributed by atoms with Crippen LogP contribution in [0.3, 0.4) is 0 Å². The molecule has 3 rings (SSSR count). The molecule has 4 nitrogen and oxygen atoms in total. The predicted molar refractivity (Wildman–Crippen MR) is 82.3 cm³/mol. The van der Waals surface area contributed by atoms with Crippen molar-refractivity contribution in [3.8, 4) is 5.75 Å². The minimum absolute atomic E-state index is 0.0522. The van der Waals surface area contributed by atoms with Crippen molar-refractivity contribution in [1.82, 2.24) is 5.32 Å². The first-order valence-electron chi connectivity index (χ1n) is 7.86. The maximum absolute atomic E-state index is 12.3. The first kappa shape index (κ1) is 14.4. The van der Waals surface area contributed by atoms with E-state index in [0.29, 0.717) is 18.0 Å². The third-order valence-corrected chi connectivity index (χ3v) is 4.60. The molecule has 0 spiro atoms. The quantitative estimate of drug-likeness (QED) is 0.809. The van der Waals surface area contributed by atoms with Gasteiger partial charge in [0.1, 0.15) is 5.75 Å². The molecule has 0 aromatic heterocycles. The molecule has 21 heavy (non-hydrogen) atoms. The zero-order chi connectivity index (χ0) is 14.9. The fraction of sp³-hybridized carbons (Fsp3) is 0.588. The van der Waals surface area contributed by atoms with Crippen LogP contribution in [0.2, 0.25) is 0 Å². The molecule has 2 fully saturated rings. The van der Waals surface area contributed by atoms with Crippen LogP contribution >= 0.6 is 0 Å². The van der Waals surface area contributed by atoms with Crippen molar-refractivity contribution in [2.45, 2.75) is 38.1 Å². The Bertz CT molecular complexity index is 506. The second-order valence-corrected chi connectivity index (χ2v) is 6.63. The Labute approximate surface area is 126 Å². The highest BCUT2D eigenvalue weighted by Gasteiger charge is 2.41. The van der Waals surface area contributed by atoms with E-state index in [0.717, 1.165) is 31.1 Å². The van der Waals surface area contributed by atoms with Crippen molar-refractivity contribution < 1.29 is 9.53 Å². The van der Waals surface area contributed by atoms with E-state index in [1.54, 1.807) is 0 Å². The molecular formula is C17H24N2O2. The SMILES string of the molecule is CC(CN)(NC(=O)c1ccc(OCC2CC2)cc1)C1CC1. The van der Waals surface area contributed by atoms with E-state index in [4.69, 9.17) is 10.5 Å². The summed E-state index contributed by atoms with van der Waals surface area (Å²) in [6, 6.07) is 7.38. The largest absolute Gasteiger partial charge is 0.493 e. The lowest BCUT2D eigenvalue weighted by Crippen LogP contribution is -2.53. The summed E-state index contributed by atoms with van der Waals surface area (Å²) in [6.07, 6.45) is 4.86. The number of rotatable bonds is 7. The molecule has 3 N–H and O–H groups in total. The van der Waals surface area contributed by atoms with E-state index in [9.17, 15) is 4.79 Å². The van der Waals surface area contributed by atoms with Crippen molar-refractivity contribution in [3.05, 3.63) is 29.8 Å². The average Bonchev–Trinajstić information content (AvgIpc) is 3.38. The van der Waals surface area contributed by atoms with Gasteiger partial charge in [-0.25, -0.2) is 0 Å². The van der Waals surface area contributed by atoms with Gasteiger partial charge in [-0.15, -0.1) is 0 Å². The molecule has 1 unspecified atom stereocenters. The zero-order valence-electron chi connectivity index (χ0n) is 12.6. The van der Waals surface area contributed by atoms with E-state index in [1.165, 1.54) is 12.8 Å². The van der Waals surface area contributed by atoms with Crippen LogP contribution in [-0.2, 0) is 0 Å². The predicted octanol–water partition coefficient (Wildman–Crippen LogP) is 2.33. The van der Waals surface area contributed by atoms with E-state index in [1.807, 2.05) is 31.2 Å². The summed E-state index contributed by atoms with van der Waals surface area (Å²) < 4.78 is 5.68. The summed E-state index contributed by atoms with van der Waals surface area (Å²) in [5.41, 5.74) is 6.22. The number of hydrogen-bond acceptors (Lipinski definition) is 3. The first-order chi connectivity index (χ1) is 10.1. The minimum Gasteiger partial charge on any atom is -0.493 e. The fourth-order valence-electron chi connectivity index (χ4n) is 2.57. The first-order valence-corrected chi connectivity index (χ1v) is 7.86. The summed E-state index contributed by atoms with van der Waals surface area (Å²) in [5.74, 6) is 2.04. The molecule has 0 aliphatic heterocycles. The summed E-state index contributed by atoms with van der Waals surface area (Å²) >= 11 is 0. The van der Waals surface area contributed by atoms with Gasteiger partial charge < -0.3 is 15.8 Å². The third-order valence-electron chi connectivity index (χ3n) is 4.60. The molecule has 2 aliphatic rings. The fourth-order valence-corrected chi connectivity index (χ4v) is 2.57. The van der Waals surface area contributed by atoms with Crippen LogP contribution in [0, 0.1) is 11.8 Å². The monoisotopic (exact) mass is 288 g/mol. The van der Waals surface area contributed by atoms with Crippen LogP contribution < -0.4 is 15.8 Å². The average molecular weight is 288 g/mol. The summed E-state index contributed by atoms with van der Waals surface area (Å²) in [6.45, 7) is 3.31. The number of carbonyl (C=O) groups excluding carboxylic acids is 1. The van der Waals surface area contributed by atoms with Gasteiger partial charge in [0.15, 0.2) is 0 Å². The number of benzene rings is 1. The van der Waals surface area contributed by atoms with Crippen LogP contribution in [0.25, 0.3) is 0 Å². The van der Waals surface area contributed by atoms with Crippen LogP contribution in [0.4, 0.5) is 0 Å². The number of ether oxygens (including phenoxy) is 1. The maximum Gasteiger partial charge on any atom is 0.251 e. The second-order valence-electron chi connectivity index (χ2n) is 6.63. The van der Waals surface area contributed by atoms with Crippen molar-refractivity contribution in [1.29, 1.82) is 0 Å². The molecule has 1 aromatic carbocycles. The van der Waals surface area contributed by atoms with Gasteiger partial charge in [-0.1, -0.05) is 0 Å². The number of amides is 1. The molecule has 0 saturated heterocycles. The molecule has 0 bridgehead atoms. The second kappa shape index (κ2) is 5.68. The molecule has 2 aliphatic carbocycles. The minimum atomic E-state index is -0.280. The molecule has 114 valence electrons. The lowest BCUT2D eigenvalue weighted by molar-refractivity contribution is 0.0898. The Kier molecular flexibility index (Phi) is 3.89. The summed E-state index contributed by atoms with van der Waals surface area (Å²) in [7, 11) is 0. The maximum atomic E-state index is 12.3. The molecule has 0 radical (unpaired) electrons. The van der Waals surface area contributed by atoms with Crippen molar-refractivity contribution in [2.24, 2.45) is 17.6 Å². The molecule has 1 atom stereocenters. The Morgan fingerprint density at radius 2 is 1.95 bits per heavy atom. The van der Waals surface area contributed by atoms with E-state index >= 15 is 0 Å². The van der Waals surface area contributed by atoms with Gasteiger partial charge in [0.2, 0.25) is 0 Å². The normalized spacial score (nSPS) is 20.7. The van der Waals surface area contributed by atoms with Crippen LogP contribution in [0.1, 0.15) is 43.0 Å². The lowest BCUT2D eigenvalue weighted by atomic mass is 9.95. The molecule has 1 aromatic rings. The summed E-state index contributed by atoms with van der Waals surface area (Å²) in [4.78, 5) is 12.3. The van der Waals surface area contributed by atoms with Crippen LogP contribution in [0.5, 0.6) is 5.75 Å². The van der Waals surface area contributed by atoms with E-state index < -0.39 is 0 Å². The molecule has 2 saturated carbocycles. The van der Waals surface area contributed by atoms with Crippen molar-refractivity contribution in [2.75, 3.05) is 13.2 Å². The molecular weight excluding hydrogens is 264 g/mol. The lowest BCUT2D eigenvalue weighted by Gasteiger charge is -2.29. The van der Waals surface area contributed by atoms with Crippen molar-refractivity contribution in [3.63, 3.8) is 0 Å². The summed E-state index contributed by atoms with van der Waals surface area (Å²) in [5, 5.41) is 3.10. The van der Waals surface area contributed by atoms with Gasteiger partial charge in [-0.05, 0) is 68.7 Å². The smallest absolute Gasteiger partial charge is 0.251 e. The molecule has 0 heterocycles. The molecule has 1 amide bonds. The van der Waals surface area contributed by atoms with Crippen molar-refractivity contribution >= 4 is 5.91 Å². The highest BCUT2D eigenvalue weighted by atomic mass is 16.5. The van der Waals surface area contributed by atoms with Crippen LogP contribution in [-0.4, -0.2) is 24.6 Å². The van der Waals surface area contributed by atoms with Crippen LogP contribution in [0.15, 0.2) is 24.3 Å². The molecule has 4 heteroatoms. The Balaban J connectivity index is 1.58. The standard InChI is InChI=1S/C17H24N2O2/c1-17(11-18,14-6-7-14)19-16(20)13-4-8-15(9-5-13)21-10-12-2-3-12/h4-5,8-9,12,14H,2-3,6-7,10-11,18H2,1H3,(H,19,20). The van der Waals surface area contributed by atoms with Gasteiger partial charge in [-0.2, -0.15) is 0 Å². The van der Waals surface area contributed by atoms with Gasteiger partial charge in [0, 0.05) is 12.1 Å². The number of carbonyl (C=O) groups is 1. The van der Waals surface area contributed by atoms with Gasteiger partial charge in [0.05, 0.1) is 12.1 Å². The third kappa shape index (κ3) is 3.56. The Morgan fingerprint density at radius 3 is 2.48 bits per heavy atom. The van der Waals surface area contributed by atoms with Gasteiger partial charge in [0.25, 0.3) is 5.91 Å². The highest BCUT2D eigenvalue weighted by molar-refractivity contribution is 5.94. The van der Waals surface area contributed by atoms with Gasteiger partial charge in [-0.3, -0.25) is 4.79 Å². The topological polar surface area (TPSA) is 64.3 Å². The highest BCUT2D eigenvalue weighted by Crippen LogP contribution is 2.39. The number of nitrogens with two attached hydrogens (primary N) is 1. The number of hydrogen-bond donors (Lipinski definition) is 2.